The lowest BCUT2D eigenvalue weighted by Crippen LogP contribution is -2.02. The van der Waals surface area contributed by atoms with Gasteiger partial charge in [0.05, 0.1) is 5.02 Å². The predicted molar refractivity (Wildman–Crippen MR) is 57.5 cm³/mol. The van der Waals surface area contributed by atoms with E-state index in [1.54, 1.807) is 6.07 Å². The van der Waals surface area contributed by atoms with Crippen molar-refractivity contribution in [2.45, 2.75) is 6.42 Å². The second-order valence-electron chi connectivity index (χ2n) is 3.18. The summed E-state index contributed by atoms with van der Waals surface area (Å²) in [5.41, 5.74) is 5.87. The molecule has 0 aliphatic heterocycles. The third-order valence-corrected chi connectivity index (χ3v) is 2.31. The number of nitrogens with two attached hydrogens (primary N) is 1. The van der Waals surface area contributed by atoms with Gasteiger partial charge >= 0.3 is 0 Å². The number of hydrogen-bond acceptors (Lipinski definition) is 4. The highest BCUT2D eigenvalue weighted by atomic mass is 35.5. The molecule has 0 atom stereocenters. The highest BCUT2D eigenvalue weighted by Crippen LogP contribution is 2.22. The molecule has 1 aromatic heterocycles. The molecule has 6 heteroatoms. The molecule has 0 amide bonds. The summed E-state index contributed by atoms with van der Waals surface area (Å²) in [4.78, 5) is 4.07. The van der Waals surface area contributed by atoms with Crippen molar-refractivity contribution < 1.29 is 8.91 Å². The van der Waals surface area contributed by atoms with Crippen LogP contribution in [0.1, 0.15) is 5.89 Å². The van der Waals surface area contributed by atoms with Crippen molar-refractivity contribution in [3.8, 4) is 11.4 Å². The molecule has 4 nitrogen and oxygen atoms in total. The molecule has 84 valence electrons. The van der Waals surface area contributed by atoms with Crippen LogP contribution >= 0.6 is 11.6 Å². The molecule has 0 aliphatic carbocycles. The number of benzene rings is 1. The summed E-state index contributed by atoms with van der Waals surface area (Å²) in [5.74, 6) is 0.260. The zero-order valence-electron chi connectivity index (χ0n) is 8.28. The minimum atomic E-state index is -0.510. The van der Waals surface area contributed by atoms with Crippen molar-refractivity contribution in [2.24, 2.45) is 5.73 Å². The lowest BCUT2D eigenvalue weighted by molar-refractivity contribution is 0.380. The topological polar surface area (TPSA) is 64.9 Å². The molecule has 1 heterocycles. The van der Waals surface area contributed by atoms with Crippen LogP contribution in [-0.4, -0.2) is 16.7 Å². The van der Waals surface area contributed by atoms with Crippen molar-refractivity contribution in [2.75, 3.05) is 6.54 Å². The fraction of sp³-hybridized carbons (Fsp3) is 0.200. The number of hydrogen-bond donors (Lipinski definition) is 1. The maximum absolute atomic E-state index is 13.2. The molecule has 2 aromatic rings. The van der Waals surface area contributed by atoms with Crippen LogP contribution in [0.25, 0.3) is 11.4 Å². The van der Waals surface area contributed by atoms with Crippen LogP contribution in [0.3, 0.4) is 0 Å². The Hall–Kier alpha value is -1.46. The molecule has 16 heavy (non-hydrogen) atoms. The molecule has 0 bridgehead atoms. The van der Waals surface area contributed by atoms with Gasteiger partial charge in [-0.3, -0.25) is 0 Å². The SMILES string of the molecule is NCCc1nc(-c2ccc(Cl)c(F)c2)no1. The standard InChI is InChI=1S/C10H9ClFN3O/c11-7-2-1-6(5-8(7)12)10-14-9(3-4-13)16-15-10/h1-2,5H,3-4,13H2. The Bertz CT molecular complexity index is 501. The normalized spacial score (nSPS) is 10.7. The largest absolute Gasteiger partial charge is 0.339 e. The lowest BCUT2D eigenvalue weighted by Gasteiger charge is -1.96. The van der Waals surface area contributed by atoms with E-state index in [1.165, 1.54) is 12.1 Å². The van der Waals surface area contributed by atoms with E-state index in [-0.39, 0.29) is 5.02 Å². The summed E-state index contributed by atoms with van der Waals surface area (Å²) in [7, 11) is 0. The monoisotopic (exact) mass is 241 g/mol. The summed E-state index contributed by atoms with van der Waals surface area (Å²) in [6.45, 7) is 0.427. The van der Waals surface area contributed by atoms with E-state index in [0.29, 0.717) is 30.2 Å². The van der Waals surface area contributed by atoms with Crippen molar-refractivity contribution in [1.29, 1.82) is 0 Å². The zero-order valence-corrected chi connectivity index (χ0v) is 9.04. The van der Waals surface area contributed by atoms with Gasteiger partial charge in [0.25, 0.3) is 0 Å². The van der Waals surface area contributed by atoms with E-state index in [2.05, 4.69) is 10.1 Å². The van der Waals surface area contributed by atoms with Gasteiger partial charge in [-0.1, -0.05) is 16.8 Å². The van der Waals surface area contributed by atoms with E-state index < -0.39 is 5.82 Å². The van der Waals surface area contributed by atoms with Crippen LogP contribution < -0.4 is 5.73 Å². The average Bonchev–Trinajstić information content (AvgIpc) is 2.71. The van der Waals surface area contributed by atoms with E-state index in [1.807, 2.05) is 0 Å². The van der Waals surface area contributed by atoms with Gasteiger partial charge in [0.15, 0.2) is 0 Å². The van der Waals surface area contributed by atoms with Crippen LogP contribution in [0.5, 0.6) is 0 Å². The maximum Gasteiger partial charge on any atom is 0.228 e. The van der Waals surface area contributed by atoms with Gasteiger partial charge in [-0.2, -0.15) is 4.98 Å². The average molecular weight is 242 g/mol. The minimum Gasteiger partial charge on any atom is -0.339 e. The summed E-state index contributed by atoms with van der Waals surface area (Å²) in [6.07, 6.45) is 0.503. The Kier molecular flexibility index (Phi) is 3.17. The number of rotatable bonds is 3. The van der Waals surface area contributed by atoms with Crippen molar-refractivity contribution in [3.05, 3.63) is 34.9 Å². The maximum atomic E-state index is 13.2. The molecule has 0 radical (unpaired) electrons. The Morgan fingerprint density at radius 1 is 1.44 bits per heavy atom. The molecule has 2 rings (SSSR count). The van der Waals surface area contributed by atoms with Gasteiger partial charge in [0.2, 0.25) is 11.7 Å². The quantitative estimate of drug-likeness (QED) is 0.893. The Morgan fingerprint density at radius 3 is 2.94 bits per heavy atom. The third-order valence-electron chi connectivity index (χ3n) is 2.00. The molecule has 0 spiro atoms. The second-order valence-corrected chi connectivity index (χ2v) is 3.59. The van der Waals surface area contributed by atoms with Crippen LogP contribution in [0.4, 0.5) is 4.39 Å². The van der Waals surface area contributed by atoms with E-state index in [0.717, 1.165) is 0 Å². The molecular weight excluding hydrogens is 233 g/mol. The van der Waals surface area contributed by atoms with Crippen molar-refractivity contribution in [1.82, 2.24) is 10.1 Å². The van der Waals surface area contributed by atoms with Gasteiger partial charge in [-0.05, 0) is 18.2 Å². The number of aromatic nitrogens is 2. The van der Waals surface area contributed by atoms with Gasteiger partial charge < -0.3 is 10.3 Å². The van der Waals surface area contributed by atoms with Crippen LogP contribution in [0.2, 0.25) is 5.02 Å². The molecule has 0 aliphatic rings. The molecule has 2 N–H and O–H groups in total. The van der Waals surface area contributed by atoms with Gasteiger partial charge in [-0.15, -0.1) is 0 Å². The predicted octanol–water partition coefficient (Wildman–Crippen LogP) is 2.03. The highest BCUT2D eigenvalue weighted by molar-refractivity contribution is 6.30. The minimum absolute atomic E-state index is 0.0643. The Morgan fingerprint density at radius 2 is 2.25 bits per heavy atom. The summed E-state index contributed by atoms with van der Waals surface area (Å²) >= 11 is 5.57. The van der Waals surface area contributed by atoms with Gasteiger partial charge in [0, 0.05) is 18.5 Å². The number of halogens is 2. The van der Waals surface area contributed by atoms with E-state index >= 15 is 0 Å². The number of nitrogens with zero attached hydrogens (tertiary/aromatic N) is 2. The molecule has 0 saturated carbocycles. The Labute approximate surface area is 96.2 Å². The van der Waals surface area contributed by atoms with Crippen LogP contribution in [0, 0.1) is 5.82 Å². The molecule has 0 saturated heterocycles. The smallest absolute Gasteiger partial charge is 0.228 e. The summed E-state index contributed by atoms with van der Waals surface area (Å²) < 4.78 is 18.1. The first-order valence-corrected chi connectivity index (χ1v) is 5.06. The fourth-order valence-corrected chi connectivity index (χ4v) is 1.35. The first kappa shape index (κ1) is 11.0. The van der Waals surface area contributed by atoms with Gasteiger partial charge in [0.1, 0.15) is 5.82 Å². The summed E-state index contributed by atoms with van der Waals surface area (Å²) in [6, 6.07) is 4.34. The first-order chi connectivity index (χ1) is 7.70. The fourth-order valence-electron chi connectivity index (χ4n) is 1.23. The van der Waals surface area contributed by atoms with Gasteiger partial charge in [-0.25, -0.2) is 4.39 Å². The highest BCUT2D eigenvalue weighted by Gasteiger charge is 2.09. The molecular formula is C10H9ClFN3O. The Balaban J connectivity index is 2.31. The van der Waals surface area contributed by atoms with Crippen LogP contribution in [0.15, 0.2) is 22.7 Å². The first-order valence-electron chi connectivity index (χ1n) is 4.69. The lowest BCUT2D eigenvalue weighted by atomic mass is 10.2. The van der Waals surface area contributed by atoms with Crippen molar-refractivity contribution in [3.63, 3.8) is 0 Å². The van der Waals surface area contributed by atoms with Crippen molar-refractivity contribution >= 4 is 11.6 Å². The zero-order chi connectivity index (χ0) is 11.5. The molecule has 0 fully saturated rings. The van der Waals surface area contributed by atoms with E-state index in [4.69, 9.17) is 21.9 Å². The molecule has 0 unspecified atom stereocenters. The molecule has 1 aromatic carbocycles. The summed E-state index contributed by atoms with van der Waals surface area (Å²) in [5, 5.41) is 3.79. The van der Waals surface area contributed by atoms with Crippen LogP contribution in [-0.2, 0) is 6.42 Å². The third kappa shape index (κ3) is 2.20. The second kappa shape index (κ2) is 4.59. The van der Waals surface area contributed by atoms with E-state index in [9.17, 15) is 4.39 Å².